The Kier molecular flexibility index (Phi) is 5.46. The van der Waals surface area contributed by atoms with Crippen molar-refractivity contribution in [2.24, 2.45) is 5.10 Å². The number of nitro groups is 1. The molecule has 9 heteroatoms. The molecular weight excluding hydrogens is 292 g/mol. The van der Waals surface area contributed by atoms with Crippen molar-refractivity contribution in [1.29, 1.82) is 0 Å². The molecule has 0 bridgehead atoms. The number of rotatable bonds is 4. The predicted molar refractivity (Wildman–Crippen MR) is 76.8 cm³/mol. The third-order valence-corrected chi connectivity index (χ3v) is 2.44. The Bertz CT molecular complexity index is 536. The second-order valence-electron chi connectivity index (χ2n) is 3.35. The first-order valence-corrected chi connectivity index (χ1v) is 5.98. The van der Waals surface area contributed by atoms with E-state index in [0.29, 0.717) is 11.7 Å². The summed E-state index contributed by atoms with van der Waals surface area (Å²) in [6.07, 6.45) is 1.19. The van der Waals surface area contributed by atoms with Crippen LogP contribution in [-0.2, 0) is 0 Å². The molecule has 7 nitrogen and oxygen atoms in total. The molecule has 0 amide bonds. The Morgan fingerprint density at radius 3 is 2.95 bits per heavy atom. The summed E-state index contributed by atoms with van der Waals surface area (Å²) in [5, 5.41) is 27.3. The molecule has 0 fully saturated rings. The Hall–Kier alpha value is -1.93. The molecule has 19 heavy (non-hydrogen) atoms. The molecule has 0 aliphatic carbocycles. The molecule has 0 saturated heterocycles. The molecule has 0 radical (unpaired) electrons. The Morgan fingerprint density at radius 2 is 2.37 bits per heavy atom. The normalized spacial score (nSPS) is 10.4. The monoisotopic (exact) mass is 302 g/mol. The number of thiocarbonyl (C=S) groups is 1. The highest BCUT2D eigenvalue weighted by Gasteiger charge is 2.17. The molecule has 0 atom stereocenters. The van der Waals surface area contributed by atoms with E-state index in [1.54, 1.807) is 0 Å². The first-order valence-electron chi connectivity index (χ1n) is 5.19. The highest BCUT2D eigenvalue weighted by Crippen LogP contribution is 2.32. The van der Waals surface area contributed by atoms with Crippen molar-refractivity contribution in [3.8, 4) is 5.75 Å². The van der Waals surface area contributed by atoms with Crippen LogP contribution in [0.3, 0.4) is 0 Å². The second kappa shape index (κ2) is 6.86. The number of phenolic OH excluding ortho intramolecular Hbond substituents is 1. The molecule has 0 heterocycles. The number of benzene rings is 1. The van der Waals surface area contributed by atoms with E-state index in [4.69, 9.17) is 23.8 Å². The lowest BCUT2D eigenvalue weighted by molar-refractivity contribution is -0.385. The van der Waals surface area contributed by atoms with Crippen molar-refractivity contribution < 1.29 is 10.0 Å². The van der Waals surface area contributed by atoms with Crippen LogP contribution < -0.4 is 10.7 Å². The van der Waals surface area contributed by atoms with Crippen molar-refractivity contribution in [2.75, 3.05) is 6.54 Å². The van der Waals surface area contributed by atoms with Crippen molar-refractivity contribution in [1.82, 2.24) is 10.7 Å². The fourth-order valence-corrected chi connectivity index (χ4v) is 1.62. The molecule has 1 aromatic carbocycles. The molecule has 0 aromatic heterocycles. The van der Waals surface area contributed by atoms with Crippen molar-refractivity contribution in [3.05, 3.63) is 32.8 Å². The van der Waals surface area contributed by atoms with Crippen LogP contribution in [0.4, 0.5) is 5.69 Å². The number of hydrogen-bond acceptors (Lipinski definition) is 5. The molecule has 0 aliphatic rings. The lowest BCUT2D eigenvalue weighted by atomic mass is 10.2. The Labute approximate surface area is 119 Å². The van der Waals surface area contributed by atoms with Gasteiger partial charge >= 0.3 is 5.69 Å². The van der Waals surface area contributed by atoms with Crippen LogP contribution in [0.1, 0.15) is 12.5 Å². The van der Waals surface area contributed by atoms with Gasteiger partial charge in [-0.25, -0.2) is 0 Å². The predicted octanol–water partition coefficient (Wildman–Crippen LogP) is 1.77. The van der Waals surface area contributed by atoms with E-state index < -0.39 is 16.4 Å². The number of nitrogens with one attached hydrogen (secondary N) is 2. The van der Waals surface area contributed by atoms with Crippen LogP contribution in [0.5, 0.6) is 5.75 Å². The number of nitrogens with zero attached hydrogens (tertiary/aromatic N) is 2. The topological polar surface area (TPSA) is 99.8 Å². The first kappa shape index (κ1) is 15.1. The fourth-order valence-electron chi connectivity index (χ4n) is 1.20. The van der Waals surface area contributed by atoms with Crippen LogP contribution in [-0.4, -0.2) is 27.9 Å². The summed E-state index contributed by atoms with van der Waals surface area (Å²) in [5.74, 6) is -0.505. The van der Waals surface area contributed by atoms with Gasteiger partial charge in [-0.1, -0.05) is 11.6 Å². The summed E-state index contributed by atoms with van der Waals surface area (Å²) in [5.41, 5.74) is 2.13. The van der Waals surface area contributed by atoms with Crippen molar-refractivity contribution in [3.63, 3.8) is 0 Å². The number of aromatic hydroxyl groups is 1. The lowest BCUT2D eigenvalue weighted by Crippen LogP contribution is -2.31. The van der Waals surface area contributed by atoms with E-state index in [-0.39, 0.29) is 10.6 Å². The number of nitro benzene ring substituents is 1. The molecule has 0 unspecified atom stereocenters. The van der Waals surface area contributed by atoms with Crippen LogP contribution in [0, 0.1) is 10.1 Å². The highest BCUT2D eigenvalue weighted by molar-refractivity contribution is 7.80. The lowest BCUT2D eigenvalue weighted by Gasteiger charge is -2.04. The van der Waals surface area contributed by atoms with E-state index in [2.05, 4.69) is 15.8 Å². The maximum Gasteiger partial charge on any atom is 0.312 e. The van der Waals surface area contributed by atoms with Gasteiger partial charge in [0.25, 0.3) is 0 Å². The molecule has 1 rings (SSSR count). The third kappa shape index (κ3) is 4.34. The summed E-state index contributed by atoms with van der Waals surface area (Å²) >= 11 is 10.6. The highest BCUT2D eigenvalue weighted by atomic mass is 35.5. The standard InChI is InChI=1S/C10H11ClN4O3S/c1-2-12-10(19)14-13-5-6-3-7(11)4-8(9(6)16)15(17)18/h3-5,16H,2H2,1H3,(H2,12,14,19)/b13-5+. The summed E-state index contributed by atoms with van der Waals surface area (Å²) in [6.45, 7) is 2.50. The van der Waals surface area contributed by atoms with Gasteiger partial charge in [-0.2, -0.15) is 5.10 Å². The van der Waals surface area contributed by atoms with Crippen LogP contribution in [0.25, 0.3) is 0 Å². The van der Waals surface area contributed by atoms with Gasteiger partial charge in [0, 0.05) is 23.2 Å². The SMILES string of the molecule is CCNC(=S)N/N=C/c1cc(Cl)cc([N+](=O)[O-])c1O. The van der Waals surface area contributed by atoms with Crippen molar-refractivity contribution >= 4 is 40.8 Å². The Morgan fingerprint density at radius 1 is 1.68 bits per heavy atom. The number of phenols is 1. The van der Waals surface area contributed by atoms with Gasteiger partial charge in [0.15, 0.2) is 5.11 Å². The number of halogens is 1. The largest absolute Gasteiger partial charge is 0.502 e. The van der Waals surface area contributed by atoms with Crippen molar-refractivity contribution in [2.45, 2.75) is 6.92 Å². The summed E-state index contributed by atoms with van der Waals surface area (Å²) in [7, 11) is 0. The zero-order valence-corrected chi connectivity index (χ0v) is 11.5. The van der Waals surface area contributed by atoms with Gasteiger partial charge in [0.2, 0.25) is 5.75 Å². The average Bonchev–Trinajstić information content (AvgIpc) is 2.33. The maximum absolute atomic E-state index is 10.7. The molecule has 0 saturated carbocycles. The number of hydrazone groups is 1. The van der Waals surface area contributed by atoms with E-state index in [9.17, 15) is 15.2 Å². The first-order chi connectivity index (χ1) is 8.95. The number of hydrogen-bond donors (Lipinski definition) is 3. The molecular formula is C10H11ClN4O3S. The summed E-state index contributed by atoms with van der Waals surface area (Å²) in [4.78, 5) is 9.96. The van der Waals surface area contributed by atoms with E-state index in [1.807, 2.05) is 6.92 Å². The Balaban J connectivity index is 2.92. The maximum atomic E-state index is 10.7. The van der Waals surface area contributed by atoms with Crippen LogP contribution in [0.2, 0.25) is 5.02 Å². The minimum absolute atomic E-state index is 0.117. The quantitative estimate of drug-likeness (QED) is 0.339. The van der Waals surface area contributed by atoms with Crippen LogP contribution >= 0.6 is 23.8 Å². The zero-order chi connectivity index (χ0) is 14.4. The van der Waals surface area contributed by atoms with Gasteiger partial charge in [-0.3, -0.25) is 15.5 Å². The van der Waals surface area contributed by atoms with Crippen LogP contribution in [0.15, 0.2) is 17.2 Å². The van der Waals surface area contributed by atoms with Gasteiger partial charge in [0.05, 0.1) is 11.1 Å². The van der Waals surface area contributed by atoms with Gasteiger partial charge < -0.3 is 10.4 Å². The molecule has 1 aromatic rings. The van der Waals surface area contributed by atoms with E-state index >= 15 is 0 Å². The third-order valence-electron chi connectivity index (χ3n) is 1.99. The van der Waals surface area contributed by atoms with Gasteiger partial charge in [0.1, 0.15) is 0 Å². The zero-order valence-electron chi connectivity index (χ0n) is 9.88. The fraction of sp³-hybridized carbons (Fsp3) is 0.200. The van der Waals surface area contributed by atoms with Gasteiger partial charge in [-0.15, -0.1) is 0 Å². The minimum Gasteiger partial charge on any atom is -0.502 e. The van der Waals surface area contributed by atoms with E-state index in [1.165, 1.54) is 12.3 Å². The molecule has 3 N–H and O–H groups in total. The molecule has 0 aliphatic heterocycles. The second-order valence-corrected chi connectivity index (χ2v) is 4.19. The summed E-state index contributed by atoms with van der Waals surface area (Å²) < 4.78 is 0. The minimum atomic E-state index is -0.727. The molecule has 0 spiro atoms. The smallest absolute Gasteiger partial charge is 0.312 e. The molecule has 102 valence electrons. The van der Waals surface area contributed by atoms with Gasteiger partial charge in [-0.05, 0) is 25.2 Å². The van der Waals surface area contributed by atoms with E-state index in [0.717, 1.165) is 6.07 Å². The summed E-state index contributed by atoms with van der Waals surface area (Å²) in [6, 6.07) is 2.41. The average molecular weight is 303 g/mol.